The molecule has 134 heavy (non-hydrogen) atoms. The molecule has 0 aromatic heterocycles. The fourth-order valence-corrected chi connectivity index (χ4v) is 15.8. The number of phenolic OH excluding ortho intramolecular Hbond substituents is 6. The summed E-state index contributed by atoms with van der Waals surface area (Å²) < 4.78 is 32.3. The van der Waals surface area contributed by atoms with Crippen LogP contribution in [0.4, 0.5) is 0 Å². The zero-order valence-corrected chi connectivity index (χ0v) is 88.7. The van der Waals surface area contributed by atoms with Gasteiger partial charge in [-0.1, -0.05) is 293 Å². The highest BCUT2D eigenvalue weighted by molar-refractivity contribution is 5.77. The highest BCUT2D eigenvalue weighted by Gasteiger charge is 2.33. The zero-order valence-electron chi connectivity index (χ0n) is 88.7. The first kappa shape index (κ1) is 117. The molecule has 0 aliphatic heterocycles. The number of benzene rings is 6. The van der Waals surface area contributed by atoms with Gasteiger partial charge in [-0.2, -0.15) is 0 Å². The smallest absolute Gasteiger partial charge is 0.306 e. The summed E-state index contributed by atoms with van der Waals surface area (Å²) in [5.41, 5.74) is 14.9. The normalized spacial score (nSPS) is 12.4. The third kappa shape index (κ3) is 40.6. The number of unbranched alkanes of at least 4 members (excludes halogenated alkanes) is 6. The van der Waals surface area contributed by atoms with E-state index in [1.165, 1.54) is 0 Å². The fourth-order valence-electron chi connectivity index (χ4n) is 15.8. The standard InChI is InChI=1S/C40H64N2O4.C40H62O6.C34H50O8/c1-37(2,3)29-23-27(24-30(35(29)45)38(4,5)6)17-19-33(43)41-21-15-13-14-16-22-42-34(44)20-18-28-25-31(39(7,8)9)36(46)32(26-28)40(10,11)12;1-37(2,3)29-23-27(24-30(35(29)43)38(4,5)6)17-19-33(41)45-21-15-13-14-16-22-46-34(42)20-18-28-25-31(39(7,8)9)36(44)32(26-28)40(10,11)12;1-23-19-25(21-27(31(23)37)33(3,4)5)9-11-29(35)41-17-15-39-13-14-40-16-18-42-30(36)12-10-26-20-24(2)32(38)28(22-26)34(6,7)8/h23-26,45-46H,13-22H2,1-12H3,(H,41,43)(H,42,44);23-26,43-44H,13-22H2,1-12H3;19-22,37-38H,9-18H2,1-8H3. The molecule has 0 saturated carbocycles. The van der Waals surface area contributed by atoms with E-state index >= 15 is 0 Å². The number of carbonyl (C=O) groups is 6. The summed E-state index contributed by atoms with van der Waals surface area (Å²) in [5.74, 6) is 1.12. The van der Waals surface area contributed by atoms with Crippen molar-refractivity contribution >= 4 is 35.7 Å². The molecule has 0 spiro atoms. The average Bonchev–Trinajstić information content (AvgIpc) is 0.786. The van der Waals surface area contributed by atoms with Gasteiger partial charge in [-0.15, -0.1) is 0 Å². The van der Waals surface area contributed by atoms with Crippen molar-refractivity contribution < 1.29 is 87.8 Å². The molecular formula is C114H176N2O18. The third-order valence-corrected chi connectivity index (χ3v) is 23.9. The van der Waals surface area contributed by atoms with Crippen LogP contribution in [0.2, 0.25) is 0 Å². The van der Waals surface area contributed by atoms with Crippen LogP contribution < -0.4 is 10.6 Å². The lowest BCUT2D eigenvalue weighted by molar-refractivity contribution is -0.146. The number of carbonyl (C=O) groups excluding carboxylic acids is 6. The van der Waals surface area contributed by atoms with Gasteiger partial charge in [-0.05, 0) is 245 Å². The minimum absolute atomic E-state index is 0.0489. The van der Waals surface area contributed by atoms with Crippen LogP contribution in [0.5, 0.6) is 34.5 Å². The molecule has 6 rings (SSSR count). The minimum atomic E-state index is -0.296. The van der Waals surface area contributed by atoms with E-state index in [2.05, 4.69) is 201 Å². The van der Waals surface area contributed by atoms with Gasteiger partial charge in [-0.25, -0.2) is 0 Å². The molecule has 0 unspecified atom stereocenters. The van der Waals surface area contributed by atoms with Gasteiger partial charge in [0.25, 0.3) is 0 Å². The molecule has 6 aromatic carbocycles. The minimum Gasteiger partial charge on any atom is -0.507 e. The molecule has 20 nitrogen and oxygen atoms in total. The Morgan fingerprint density at radius 1 is 0.224 bits per heavy atom. The molecule has 0 atom stereocenters. The predicted octanol–water partition coefficient (Wildman–Crippen LogP) is 24.1. The summed E-state index contributed by atoms with van der Waals surface area (Å²) in [4.78, 5) is 74.2. The Labute approximate surface area is 807 Å². The summed E-state index contributed by atoms with van der Waals surface area (Å²) in [6.45, 7) is 69.8. The third-order valence-electron chi connectivity index (χ3n) is 23.9. The quantitative estimate of drug-likeness (QED) is 0.0100. The number of amides is 2. The Morgan fingerprint density at radius 2 is 0.396 bits per heavy atom. The van der Waals surface area contributed by atoms with E-state index in [9.17, 15) is 59.4 Å². The van der Waals surface area contributed by atoms with Crippen molar-refractivity contribution in [3.63, 3.8) is 0 Å². The van der Waals surface area contributed by atoms with Crippen LogP contribution in [-0.2, 0) is 150 Å². The van der Waals surface area contributed by atoms with Crippen LogP contribution in [0.1, 0.15) is 398 Å². The van der Waals surface area contributed by atoms with E-state index in [0.717, 1.165) is 152 Å². The van der Waals surface area contributed by atoms with Gasteiger partial charge in [-0.3, -0.25) is 28.8 Å². The lowest BCUT2D eigenvalue weighted by Crippen LogP contribution is -2.25. The summed E-state index contributed by atoms with van der Waals surface area (Å²) >= 11 is 0. The van der Waals surface area contributed by atoms with Crippen LogP contribution >= 0.6 is 0 Å². The Balaban J connectivity index is 0.000000421. The van der Waals surface area contributed by atoms with Crippen LogP contribution in [0.3, 0.4) is 0 Å². The lowest BCUT2D eigenvalue weighted by atomic mass is 9.78. The molecule has 2 amide bonds. The Morgan fingerprint density at radius 3 is 0.604 bits per heavy atom. The highest BCUT2D eigenvalue weighted by Crippen LogP contribution is 2.46. The number of hydrogen-bond donors (Lipinski definition) is 8. The van der Waals surface area contributed by atoms with E-state index < -0.39 is 0 Å². The first-order chi connectivity index (χ1) is 61.6. The van der Waals surface area contributed by atoms with E-state index in [4.69, 9.17) is 28.4 Å². The molecule has 0 bridgehead atoms. The fraction of sp³-hybridized carbons (Fsp3) is 0.632. The topological polar surface area (TPSA) is 303 Å². The van der Waals surface area contributed by atoms with Gasteiger partial charge in [0.05, 0.1) is 39.6 Å². The number of ether oxygens (including phenoxy) is 6. The molecular weight excluding hydrogens is 1690 g/mol. The van der Waals surface area contributed by atoms with Crippen molar-refractivity contribution in [2.24, 2.45) is 0 Å². The number of nitrogens with one attached hydrogen (secondary N) is 2. The Bertz CT molecular complexity index is 4150. The average molecular weight is 1860 g/mol. The van der Waals surface area contributed by atoms with Gasteiger partial charge in [0.15, 0.2) is 0 Å². The number of rotatable bonds is 41. The largest absolute Gasteiger partial charge is 0.507 e. The van der Waals surface area contributed by atoms with E-state index in [-0.39, 0.29) is 129 Å². The second-order valence-electron chi connectivity index (χ2n) is 46.9. The van der Waals surface area contributed by atoms with E-state index in [0.29, 0.717) is 138 Å². The van der Waals surface area contributed by atoms with E-state index in [1.807, 2.05) is 104 Å². The van der Waals surface area contributed by atoms with Crippen molar-refractivity contribution in [1.29, 1.82) is 0 Å². The van der Waals surface area contributed by atoms with E-state index in [1.54, 1.807) is 0 Å². The van der Waals surface area contributed by atoms with Crippen molar-refractivity contribution in [2.45, 2.75) is 404 Å². The maximum Gasteiger partial charge on any atom is 0.306 e. The Hall–Kier alpha value is -9.14. The van der Waals surface area contributed by atoms with Crippen LogP contribution in [0.25, 0.3) is 0 Å². The van der Waals surface area contributed by atoms with Crippen LogP contribution in [0.15, 0.2) is 72.8 Å². The molecule has 750 valence electrons. The molecule has 20 heteroatoms. The van der Waals surface area contributed by atoms with Crippen molar-refractivity contribution in [3.8, 4) is 34.5 Å². The molecule has 8 N–H and O–H groups in total. The highest BCUT2D eigenvalue weighted by atomic mass is 16.6. The SMILES string of the molecule is CC(C)(C)c1cc(CCC(=O)NCCCCCCNC(=O)CCc2cc(C(C)(C)C)c(O)c(C(C)(C)C)c2)cc(C(C)(C)C)c1O.CC(C)(C)c1cc(CCC(=O)OCCCCCCOC(=O)CCc2cc(C(C)(C)C)c(O)c(C(C)(C)C)c2)cc(C(C)(C)C)c1O.Cc1cc(CCC(=O)OCCOCCOCCOC(=O)CCc2cc(C)c(O)c(C(C)(C)C)c2)cc(C(C)(C)C)c1O. The summed E-state index contributed by atoms with van der Waals surface area (Å²) in [5, 5.41) is 70.5. The summed E-state index contributed by atoms with van der Waals surface area (Å²) in [7, 11) is 0. The van der Waals surface area contributed by atoms with Gasteiger partial charge < -0.3 is 69.7 Å². The maximum absolute atomic E-state index is 12.6. The van der Waals surface area contributed by atoms with Crippen molar-refractivity contribution in [1.82, 2.24) is 10.6 Å². The molecule has 0 heterocycles. The summed E-state index contributed by atoms with van der Waals surface area (Å²) in [6.07, 6.45) is 12.6. The first-order valence-corrected chi connectivity index (χ1v) is 49.1. The maximum atomic E-state index is 12.6. The van der Waals surface area contributed by atoms with Gasteiger partial charge >= 0.3 is 23.9 Å². The molecule has 0 radical (unpaired) electrons. The number of aromatic hydroxyl groups is 6. The summed E-state index contributed by atoms with van der Waals surface area (Å²) in [6, 6.07) is 24.0. The molecule has 0 fully saturated rings. The van der Waals surface area contributed by atoms with Crippen LogP contribution in [0, 0.1) is 13.8 Å². The van der Waals surface area contributed by atoms with Crippen LogP contribution in [-0.4, -0.2) is 132 Å². The molecule has 0 aliphatic rings. The number of hydrogen-bond acceptors (Lipinski definition) is 18. The monoisotopic (exact) mass is 1860 g/mol. The first-order valence-electron chi connectivity index (χ1n) is 49.1. The lowest BCUT2D eigenvalue weighted by Gasteiger charge is -2.28. The molecule has 6 aromatic rings. The zero-order chi connectivity index (χ0) is 102. The second-order valence-corrected chi connectivity index (χ2v) is 46.9. The molecule has 0 saturated heterocycles. The van der Waals surface area contributed by atoms with Crippen molar-refractivity contribution in [3.05, 3.63) is 173 Å². The number of phenols is 6. The number of esters is 4. The predicted molar refractivity (Wildman–Crippen MR) is 543 cm³/mol. The Kier molecular flexibility index (Phi) is 44.9. The van der Waals surface area contributed by atoms with Gasteiger partial charge in [0.1, 0.15) is 47.7 Å². The van der Waals surface area contributed by atoms with Crippen molar-refractivity contribution in [2.75, 3.05) is 65.9 Å². The molecule has 0 aliphatic carbocycles. The van der Waals surface area contributed by atoms with Gasteiger partial charge in [0, 0.05) is 51.6 Å². The second kappa shape index (κ2) is 51.3. The number of aryl methyl sites for hydroxylation is 8. The van der Waals surface area contributed by atoms with Gasteiger partial charge in [0.2, 0.25) is 11.8 Å².